The molecule has 0 aromatic heterocycles. The Morgan fingerprint density at radius 2 is 2.05 bits per heavy atom. The van der Waals surface area contributed by atoms with E-state index >= 15 is 0 Å². The van der Waals surface area contributed by atoms with Gasteiger partial charge in [0.05, 0.1) is 12.7 Å². The van der Waals surface area contributed by atoms with Gasteiger partial charge in [-0.1, -0.05) is 37.3 Å². The van der Waals surface area contributed by atoms with Gasteiger partial charge in [-0.25, -0.2) is 0 Å². The highest BCUT2D eigenvalue weighted by Gasteiger charge is 2.35. The van der Waals surface area contributed by atoms with Crippen LogP contribution in [0.3, 0.4) is 0 Å². The van der Waals surface area contributed by atoms with Crippen molar-refractivity contribution in [3.05, 3.63) is 35.9 Å². The van der Waals surface area contributed by atoms with Crippen LogP contribution >= 0.6 is 0 Å². The van der Waals surface area contributed by atoms with Crippen LogP contribution in [0.25, 0.3) is 0 Å². The number of benzene rings is 1. The Morgan fingerprint density at radius 1 is 1.32 bits per heavy atom. The average molecular weight is 258 g/mol. The minimum absolute atomic E-state index is 0.0335. The Bertz CT molecular complexity index is 441. The molecule has 102 valence electrons. The van der Waals surface area contributed by atoms with E-state index in [1.807, 2.05) is 23.1 Å². The zero-order valence-corrected chi connectivity index (χ0v) is 11.5. The van der Waals surface area contributed by atoms with Crippen LogP contribution in [-0.2, 0) is 11.2 Å². The Kier molecular flexibility index (Phi) is 3.56. The first-order chi connectivity index (χ1) is 9.24. The summed E-state index contributed by atoms with van der Waals surface area (Å²) in [5, 5.41) is 3.35. The fraction of sp³-hybridized carbons (Fsp3) is 0.562. The summed E-state index contributed by atoms with van der Waals surface area (Å²) in [6.45, 7) is 3.91. The molecular formula is C16H22N2O. The molecule has 0 bridgehead atoms. The lowest BCUT2D eigenvalue weighted by Gasteiger charge is -2.20. The average Bonchev–Trinajstić information content (AvgIpc) is 3.22. The Labute approximate surface area is 115 Å². The third kappa shape index (κ3) is 2.98. The molecule has 1 aliphatic carbocycles. The van der Waals surface area contributed by atoms with Gasteiger partial charge in [0.2, 0.25) is 5.91 Å². The summed E-state index contributed by atoms with van der Waals surface area (Å²) in [4.78, 5) is 14.3. The Hall–Kier alpha value is -1.35. The largest absolute Gasteiger partial charge is 0.328 e. The van der Waals surface area contributed by atoms with E-state index in [0.29, 0.717) is 12.6 Å². The van der Waals surface area contributed by atoms with Gasteiger partial charge in [-0.2, -0.15) is 0 Å². The minimum Gasteiger partial charge on any atom is -0.328 e. The summed E-state index contributed by atoms with van der Waals surface area (Å²) in [6, 6.07) is 10.2. The monoisotopic (exact) mass is 258 g/mol. The number of rotatable bonds is 5. The van der Waals surface area contributed by atoms with E-state index < -0.39 is 0 Å². The van der Waals surface area contributed by atoms with E-state index in [-0.39, 0.29) is 11.9 Å². The second kappa shape index (κ2) is 5.33. The first kappa shape index (κ1) is 12.7. The van der Waals surface area contributed by atoms with Crippen LogP contribution in [0.2, 0.25) is 0 Å². The quantitative estimate of drug-likeness (QED) is 0.876. The third-order valence-corrected chi connectivity index (χ3v) is 4.36. The van der Waals surface area contributed by atoms with E-state index in [0.717, 1.165) is 18.9 Å². The van der Waals surface area contributed by atoms with Gasteiger partial charge in [-0.05, 0) is 36.7 Å². The van der Waals surface area contributed by atoms with Crippen LogP contribution in [-0.4, -0.2) is 30.1 Å². The predicted octanol–water partition coefficient (Wildman–Crippen LogP) is 2.03. The molecule has 2 fully saturated rings. The first-order valence-electron chi connectivity index (χ1n) is 7.30. The molecule has 3 rings (SSSR count). The molecule has 1 heterocycles. The maximum atomic E-state index is 12.4. The Morgan fingerprint density at radius 3 is 2.74 bits per heavy atom. The maximum absolute atomic E-state index is 12.4. The molecule has 0 spiro atoms. The second-order valence-electron chi connectivity index (χ2n) is 5.98. The molecule has 0 radical (unpaired) electrons. The van der Waals surface area contributed by atoms with Crippen LogP contribution in [0.15, 0.2) is 30.3 Å². The van der Waals surface area contributed by atoms with Crippen molar-refractivity contribution in [1.82, 2.24) is 10.2 Å². The van der Waals surface area contributed by atoms with Crippen LogP contribution in [0, 0.1) is 11.8 Å². The molecule has 1 aromatic rings. The highest BCUT2D eigenvalue weighted by atomic mass is 16.2. The van der Waals surface area contributed by atoms with Crippen molar-refractivity contribution < 1.29 is 4.79 Å². The third-order valence-electron chi connectivity index (χ3n) is 4.36. The van der Waals surface area contributed by atoms with Crippen molar-refractivity contribution in [2.24, 2.45) is 11.8 Å². The van der Waals surface area contributed by atoms with Gasteiger partial charge in [0.15, 0.2) is 0 Å². The van der Waals surface area contributed by atoms with E-state index in [4.69, 9.17) is 0 Å². The maximum Gasteiger partial charge on any atom is 0.241 e. The lowest BCUT2D eigenvalue weighted by molar-refractivity contribution is -0.129. The number of carbonyl (C=O) groups is 1. The minimum atomic E-state index is -0.0335. The van der Waals surface area contributed by atoms with Crippen molar-refractivity contribution >= 4 is 5.91 Å². The highest BCUT2D eigenvalue weighted by molar-refractivity contribution is 5.84. The molecule has 2 atom stereocenters. The van der Waals surface area contributed by atoms with Gasteiger partial charge < -0.3 is 4.90 Å². The molecule has 1 saturated heterocycles. The summed E-state index contributed by atoms with van der Waals surface area (Å²) in [5.74, 6) is 1.79. The summed E-state index contributed by atoms with van der Waals surface area (Å²) >= 11 is 0. The molecule has 1 amide bonds. The number of carbonyl (C=O) groups excluding carboxylic acids is 1. The van der Waals surface area contributed by atoms with Crippen LogP contribution < -0.4 is 5.32 Å². The molecule has 1 saturated carbocycles. The summed E-state index contributed by atoms with van der Waals surface area (Å²) in [6.07, 6.45) is 3.50. The smallest absolute Gasteiger partial charge is 0.241 e. The molecule has 19 heavy (non-hydrogen) atoms. The standard InChI is InChI=1S/C16H22N2O/c1-12(14-7-8-14)10-18-11-17-15(16(18)19)9-13-5-3-2-4-6-13/h2-6,12,14-15,17H,7-11H2,1H3. The molecule has 1 aromatic carbocycles. The lowest BCUT2D eigenvalue weighted by atomic mass is 10.0. The molecule has 3 nitrogen and oxygen atoms in total. The predicted molar refractivity (Wildman–Crippen MR) is 75.5 cm³/mol. The number of hydrogen-bond donors (Lipinski definition) is 1. The zero-order valence-electron chi connectivity index (χ0n) is 11.5. The number of hydrogen-bond acceptors (Lipinski definition) is 2. The lowest BCUT2D eigenvalue weighted by Crippen LogP contribution is -2.34. The van der Waals surface area contributed by atoms with Crippen LogP contribution in [0.5, 0.6) is 0 Å². The zero-order chi connectivity index (χ0) is 13.2. The van der Waals surface area contributed by atoms with E-state index in [1.54, 1.807) is 0 Å². The topological polar surface area (TPSA) is 32.3 Å². The van der Waals surface area contributed by atoms with E-state index in [1.165, 1.54) is 18.4 Å². The highest BCUT2D eigenvalue weighted by Crippen LogP contribution is 2.37. The first-order valence-corrected chi connectivity index (χ1v) is 7.30. The van der Waals surface area contributed by atoms with Gasteiger partial charge in [0, 0.05) is 6.54 Å². The number of amides is 1. The van der Waals surface area contributed by atoms with E-state index in [2.05, 4.69) is 24.4 Å². The van der Waals surface area contributed by atoms with E-state index in [9.17, 15) is 4.79 Å². The summed E-state index contributed by atoms with van der Waals surface area (Å²) in [5.41, 5.74) is 1.23. The van der Waals surface area contributed by atoms with Gasteiger partial charge in [-0.3, -0.25) is 10.1 Å². The van der Waals surface area contributed by atoms with Crippen molar-refractivity contribution in [3.8, 4) is 0 Å². The van der Waals surface area contributed by atoms with Crippen molar-refractivity contribution in [2.45, 2.75) is 32.2 Å². The van der Waals surface area contributed by atoms with Crippen LogP contribution in [0.4, 0.5) is 0 Å². The molecular weight excluding hydrogens is 236 g/mol. The number of nitrogens with one attached hydrogen (secondary N) is 1. The van der Waals surface area contributed by atoms with Crippen molar-refractivity contribution in [2.75, 3.05) is 13.2 Å². The van der Waals surface area contributed by atoms with Gasteiger partial charge in [-0.15, -0.1) is 0 Å². The van der Waals surface area contributed by atoms with Gasteiger partial charge in [0.1, 0.15) is 0 Å². The van der Waals surface area contributed by atoms with Gasteiger partial charge >= 0.3 is 0 Å². The fourth-order valence-corrected chi connectivity index (χ4v) is 2.93. The fourth-order valence-electron chi connectivity index (χ4n) is 2.93. The normalized spacial score (nSPS) is 24.8. The summed E-state index contributed by atoms with van der Waals surface area (Å²) in [7, 11) is 0. The molecule has 2 unspecified atom stereocenters. The van der Waals surface area contributed by atoms with Crippen molar-refractivity contribution in [3.63, 3.8) is 0 Å². The molecule has 3 heteroatoms. The van der Waals surface area contributed by atoms with Crippen LogP contribution in [0.1, 0.15) is 25.3 Å². The SMILES string of the molecule is CC(CN1CNC(Cc2ccccc2)C1=O)C1CC1. The van der Waals surface area contributed by atoms with Gasteiger partial charge in [0.25, 0.3) is 0 Å². The molecule has 2 aliphatic rings. The molecule has 1 N–H and O–H groups in total. The molecule has 1 aliphatic heterocycles. The second-order valence-corrected chi connectivity index (χ2v) is 5.98. The Balaban J connectivity index is 1.56. The van der Waals surface area contributed by atoms with Crippen molar-refractivity contribution in [1.29, 1.82) is 0 Å². The summed E-state index contributed by atoms with van der Waals surface area (Å²) < 4.78 is 0. The number of nitrogens with zero attached hydrogens (tertiary/aromatic N) is 1.